The van der Waals surface area contributed by atoms with E-state index in [-0.39, 0.29) is 0 Å². The number of methoxy groups -OCH3 is 1. The fraction of sp³-hybridized carbons (Fsp3) is 0.600. The lowest BCUT2D eigenvalue weighted by molar-refractivity contribution is 0.226. The first kappa shape index (κ1) is 7.43. The minimum absolute atomic E-state index is 0.753. The molecule has 0 saturated carbocycles. The molecule has 0 amide bonds. The highest BCUT2D eigenvalue weighted by atomic mass is 127. The molecular formula is C5H9IO. The number of rotatable bonds is 2. The zero-order chi connectivity index (χ0) is 5.70. The second-order valence-electron chi connectivity index (χ2n) is 1.39. The van der Waals surface area contributed by atoms with Gasteiger partial charge >= 0.3 is 0 Å². The lowest BCUT2D eigenvalue weighted by atomic mass is 10.4. The first-order valence-electron chi connectivity index (χ1n) is 2.06. The van der Waals surface area contributed by atoms with E-state index in [0.29, 0.717) is 0 Å². The lowest BCUT2D eigenvalue weighted by Crippen LogP contribution is -1.86. The summed E-state index contributed by atoms with van der Waals surface area (Å²) in [6, 6.07) is 0. The second kappa shape index (κ2) is 4.59. The van der Waals surface area contributed by atoms with Crippen LogP contribution in [0.1, 0.15) is 6.92 Å². The average Bonchev–Trinajstić information content (AvgIpc) is 1.68. The Morgan fingerprint density at radius 3 is 2.57 bits per heavy atom. The van der Waals surface area contributed by atoms with Crippen LogP contribution in [0.2, 0.25) is 0 Å². The molecule has 0 spiro atoms. The molecule has 0 aliphatic rings. The molecule has 0 bridgehead atoms. The molecule has 42 valence electrons. The predicted octanol–water partition coefficient (Wildman–Crippen LogP) is 1.97. The van der Waals surface area contributed by atoms with E-state index >= 15 is 0 Å². The summed E-state index contributed by atoms with van der Waals surface area (Å²) in [5.41, 5.74) is 1.27. The Labute approximate surface area is 57.9 Å². The fourth-order valence-corrected chi connectivity index (χ4v) is 0.439. The highest BCUT2D eigenvalue weighted by molar-refractivity contribution is 14.1. The van der Waals surface area contributed by atoms with Crippen molar-refractivity contribution in [1.82, 2.24) is 0 Å². The maximum atomic E-state index is 4.82. The molecule has 0 atom stereocenters. The van der Waals surface area contributed by atoms with Crippen LogP contribution in [0.3, 0.4) is 0 Å². The van der Waals surface area contributed by atoms with Gasteiger partial charge in [-0.1, -0.05) is 22.6 Å². The van der Waals surface area contributed by atoms with Crippen molar-refractivity contribution >= 4 is 22.6 Å². The molecule has 0 heterocycles. The van der Waals surface area contributed by atoms with Gasteiger partial charge in [0.05, 0.1) is 6.61 Å². The minimum Gasteiger partial charge on any atom is -0.380 e. The van der Waals surface area contributed by atoms with Crippen LogP contribution in [0.5, 0.6) is 0 Å². The van der Waals surface area contributed by atoms with Crippen molar-refractivity contribution in [2.24, 2.45) is 0 Å². The number of hydrogen-bond acceptors (Lipinski definition) is 1. The molecule has 0 fully saturated rings. The largest absolute Gasteiger partial charge is 0.380 e. The van der Waals surface area contributed by atoms with Crippen LogP contribution in [0.25, 0.3) is 0 Å². The Balaban J connectivity index is 3.17. The summed E-state index contributed by atoms with van der Waals surface area (Å²) in [7, 11) is 1.70. The van der Waals surface area contributed by atoms with Crippen molar-refractivity contribution < 1.29 is 4.74 Å². The van der Waals surface area contributed by atoms with Crippen LogP contribution >= 0.6 is 22.6 Å². The first-order valence-corrected chi connectivity index (χ1v) is 3.30. The quantitative estimate of drug-likeness (QED) is 0.636. The minimum atomic E-state index is 0.753. The summed E-state index contributed by atoms with van der Waals surface area (Å²) < 4.78 is 6.84. The average molecular weight is 212 g/mol. The second-order valence-corrected chi connectivity index (χ2v) is 2.01. The van der Waals surface area contributed by atoms with E-state index in [1.54, 1.807) is 7.11 Å². The predicted molar refractivity (Wildman–Crippen MR) is 39.7 cm³/mol. The lowest BCUT2D eigenvalue weighted by Gasteiger charge is -1.92. The summed E-state index contributed by atoms with van der Waals surface area (Å²) in [6.45, 7) is 2.79. The molecule has 1 nitrogen and oxygen atoms in total. The molecular weight excluding hydrogens is 203 g/mol. The molecule has 2 heteroatoms. The molecule has 0 radical (unpaired) electrons. The Hall–Kier alpha value is 0.430. The van der Waals surface area contributed by atoms with Gasteiger partial charge in [-0.3, -0.25) is 0 Å². The van der Waals surface area contributed by atoms with E-state index in [1.807, 2.05) is 11.0 Å². The Morgan fingerprint density at radius 1 is 1.86 bits per heavy atom. The van der Waals surface area contributed by atoms with Crippen LogP contribution in [-0.2, 0) is 4.74 Å². The standard InChI is InChI=1S/C5H9IO/c1-5(3-6)4-7-2/h3H,4H2,1-2H3/b5-3+. The summed E-state index contributed by atoms with van der Waals surface area (Å²) in [6.07, 6.45) is 0. The normalized spacial score (nSPS) is 12.1. The van der Waals surface area contributed by atoms with Gasteiger partial charge in [0, 0.05) is 7.11 Å². The molecule has 0 aliphatic carbocycles. The molecule has 0 aromatic carbocycles. The van der Waals surface area contributed by atoms with E-state index in [1.165, 1.54) is 5.57 Å². The van der Waals surface area contributed by atoms with Gasteiger partial charge in [-0.2, -0.15) is 0 Å². The van der Waals surface area contributed by atoms with Crippen LogP contribution in [0.15, 0.2) is 9.66 Å². The van der Waals surface area contributed by atoms with Gasteiger partial charge in [0.25, 0.3) is 0 Å². The smallest absolute Gasteiger partial charge is 0.0677 e. The van der Waals surface area contributed by atoms with E-state index < -0.39 is 0 Å². The van der Waals surface area contributed by atoms with Gasteiger partial charge < -0.3 is 4.74 Å². The van der Waals surface area contributed by atoms with Crippen LogP contribution in [0.4, 0.5) is 0 Å². The van der Waals surface area contributed by atoms with E-state index in [2.05, 4.69) is 22.6 Å². The summed E-state index contributed by atoms with van der Waals surface area (Å²) in [5, 5.41) is 0. The SMILES string of the molecule is COC/C(C)=C/I. The fourth-order valence-electron chi connectivity index (χ4n) is 0.259. The van der Waals surface area contributed by atoms with Gasteiger partial charge in [0.1, 0.15) is 0 Å². The van der Waals surface area contributed by atoms with Crippen molar-refractivity contribution in [1.29, 1.82) is 0 Å². The Morgan fingerprint density at radius 2 is 2.43 bits per heavy atom. The molecule has 0 unspecified atom stereocenters. The molecule has 7 heavy (non-hydrogen) atoms. The summed E-state index contributed by atoms with van der Waals surface area (Å²) >= 11 is 2.19. The summed E-state index contributed by atoms with van der Waals surface area (Å²) in [5.74, 6) is 0. The topological polar surface area (TPSA) is 9.23 Å². The van der Waals surface area contributed by atoms with Crippen molar-refractivity contribution in [2.45, 2.75) is 6.92 Å². The first-order chi connectivity index (χ1) is 3.31. The molecule has 0 aromatic heterocycles. The summed E-state index contributed by atoms with van der Waals surface area (Å²) in [4.78, 5) is 0. The highest BCUT2D eigenvalue weighted by Gasteiger charge is 1.80. The third-order valence-electron chi connectivity index (χ3n) is 0.558. The van der Waals surface area contributed by atoms with Gasteiger partial charge in [-0.25, -0.2) is 0 Å². The van der Waals surface area contributed by atoms with E-state index in [9.17, 15) is 0 Å². The number of hydrogen-bond donors (Lipinski definition) is 0. The van der Waals surface area contributed by atoms with Gasteiger partial charge in [-0.15, -0.1) is 0 Å². The molecule has 0 saturated heterocycles. The Kier molecular flexibility index (Phi) is 4.87. The number of ether oxygens (including phenoxy) is 1. The van der Waals surface area contributed by atoms with Crippen LogP contribution < -0.4 is 0 Å². The third-order valence-corrected chi connectivity index (χ3v) is 1.62. The van der Waals surface area contributed by atoms with E-state index in [0.717, 1.165) is 6.61 Å². The molecule has 0 aromatic rings. The molecule has 0 rings (SSSR count). The third kappa shape index (κ3) is 4.28. The number of halogens is 1. The molecule has 0 aliphatic heterocycles. The maximum absolute atomic E-state index is 4.82. The van der Waals surface area contributed by atoms with Gasteiger partial charge in [0.15, 0.2) is 0 Å². The van der Waals surface area contributed by atoms with Gasteiger partial charge in [0.2, 0.25) is 0 Å². The monoisotopic (exact) mass is 212 g/mol. The Bertz CT molecular complexity index is 68.5. The van der Waals surface area contributed by atoms with Crippen LogP contribution in [-0.4, -0.2) is 13.7 Å². The highest BCUT2D eigenvalue weighted by Crippen LogP contribution is 1.95. The van der Waals surface area contributed by atoms with E-state index in [4.69, 9.17) is 4.74 Å². The zero-order valence-electron chi connectivity index (χ0n) is 4.57. The van der Waals surface area contributed by atoms with Crippen molar-refractivity contribution in [2.75, 3.05) is 13.7 Å². The van der Waals surface area contributed by atoms with Crippen LogP contribution in [0, 0.1) is 0 Å². The van der Waals surface area contributed by atoms with Crippen molar-refractivity contribution in [3.8, 4) is 0 Å². The van der Waals surface area contributed by atoms with Crippen molar-refractivity contribution in [3.63, 3.8) is 0 Å². The maximum Gasteiger partial charge on any atom is 0.0677 e. The van der Waals surface area contributed by atoms with Gasteiger partial charge in [-0.05, 0) is 16.6 Å². The van der Waals surface area contributed by atoms with Crippen molar-refractivity contribution in [3.05, 3.63) is 9.66 Å². The molecule has 0 N–H and O–H groups in total. The zero-order valence-corrected chi connectivity index (χ0v) is 6.73.